The first-order chi connectivity index (χ1) is 10.9. The van der Waals surface area contributed by atoms with Crippen LogP contribution in [0.15, 0.2) is 47.4 Å². The SMILES string of the molecule is COc1ccc(C(C)NS(=O)(=O)c2ccc(C#N)cc2)cc1F. The second-order valence-corrected chi connectivity index (χ2v) is 6.59. The normalized spacial score (nSPS) is 12.4. The molecule has 0 fully saturated rings. The molecule has 120 valence electrons. The van der Waals surface area contributed by atoms with E-state index in [2.05, 4.69) is 4.72 Å². The van der Waals surface area contributed by atoms with Gasteiger partial charge in [-0.2, -0.15) is 5.26 Å². The average Bonchev–Trinajstić information content (AvgIpc) is 2.54. The molecule has 1 unspecified atom stereocenters. The fourth-order valence-electron chi connectivity index (χ4n) is 2.03. The zero-order chi connectivity index (χ0) is 17.0. The first-order valence-corrected chi connectivity index (χ1v) is 8.21. The number of rotatable bonds is 5. The minimum Gasteiger partial charge on any atom is -0.494 e. The molecule has 2 aromatic carbocycles. The highest BCUT2D eigenvalue weighted by molar-refractivity contribution is 7.89. The lowest BCUT2D eigenvalue weighted by Gasteiger charge is -2.15. The fraction of sp³-hybridized carbons (Fsp3) is 0.188. The number of benzene rings is 2. The van der Waals surface area contributed by atoms with Crippen molar-refractivity contribution in [2.45, 2.75) is 17.9 Å². The fourth-order valence-corrected chi connectivity index (χ4v) is 3.26. The van der Waals surface area contributed by atoms with Crippen molar-refractivity contribution < 1.29 is 17.5 Å². The van der Waals surface area contributed by atoms with E-state index in [9.17, 15) is 12.8 Å². The van der Waals surface area contributed by atoms with Crippen LogP contribution in [0.3, 0.4) is 0 Å². The molecule has 5 nitrogen and oxygen atoms in total. The van der Waals surface area contributed by atoms with Crippen molar-refractivity contribution in [3.8, 4) is 11.8 Å². The summed E-state index contributed by atoms with van der Waals surface area (Å²) in [5, 5.41) is 8.73. The van der Waals surface area contributed by atoms with Crippen molar-refractivity contribution in [3.05, 3.63) is 59.4 Å². The van der Waals surface area contributed by atoms with Gasteiger partial charge in [-0.1, -0.05) is 6.07 Å². The van der Waals surface area contributed by atoms with E-state index in [-0.39, 0.29) is 10.6 Å². The minimum atomic E-state index is -3.77. The molecule has 0 bridgehead atoms. The van der Waals surface area contributed by atoms with Crippen LogP contribution in [0.25, 0.3) is 0 Å². The van der Waals surface area contributed by atoms with E-state index in [4.69, 9.17) is 10.00 Å². The summed E-state index contributed by atoms with van der Waals surface area (Å²) in [4.78, 5) is 0.0392. The van der Waals surface area contributed by atoms with Gasteiger partial charge in [0.1, 0.15) is 0 Å². The maximum Gasteiger partial charge on any atom is 0.241 e. The summed E-state index contributed by atoms with van der Waals surface area (Å²) in [5.74, 6) is -0.467. The monoisotopic (exact) mass is 334 g/mol. The zero-order valence-corrected chi connectivity index (χ0v) is 13.4. The number of halogens is 1. The Morgan fingerprint density at radius 3 is 2.39 bits per heavy atom. The largest absolute Gasteiger partial charge is 0.494 e. The van der Waals surface area contributed by atoms with Crippen molar-refractivity contribution in [1.82, 2.24) is 4.72 Å². The lowest BCUT2D eigenvalue weighted by Crippen LogP contribution is -2.27. The van der Waals surface area contributed by atoms with Gasteiger partial charge < -0.3 is 4.74 Å². The summed E-state index contributed by atoms with van der Waals surface area (Å²) < 4.78 is 45.6. The molecule has 0 radical (unpaired) electrons. The Morgan fingerprint density at radius 2 is 1.87 bits per heavy atom. The Balaban J connectivity index is 2.22. The van der Waals surface area contributed by atoms with E-state index < -0.39 is 21.9 Å². The summed E-state index contributed by atoms with van der Waals surface area (Å²) in [6, 6.07) is 11.1. The number of ether oxygens (including phenoxy) is 1. The van der Waals surface area contributed by atoms with Crippen molar-refractivity contribution >= 4 is 10.0 Å². The van der Waals surface area contributed by atoms with Gasteiger partial charge in [0, 0.05) is 6.04 Å². The summed E-state index contributed by atoms with van der Waals surface area (Å²) >= 11 is 0. The molecule has 0 amide bonds. The predicted molar refractivity (Wildman–Crippen MR) is 82.8 cm³/mol. The van der Waals surface area contributed by atoms with E-state index >= 15 is 0 Å². The number of nitriles is 1. The molecule has 0 spiro atoms. The van der Waals surface area contributed by atoms with Gasteiger partial charge in [0.25, 0.3) is 0 Å². The number of hydrogen-bond acceptors (Lipinski definition) is 4. The van der Waals surface area contributed by atoms with Crippen molar-refractivity contribution in [3.63, 3.8) is 0 Å². The summed E-state index contributed by atoms with van der Waals surface area (Å²) in [5.41, 5.74) is 0.842. The number of nitrogens with one attached hydrogen (secondary N) is 1. The standard InChI is InChI=1S/C16H15FN2O3S/c1-11(13-5-8-16(22-2)15(17)9-13)19-23(20,21)14-6-3-12(10-18)4-7-14/h3-9,11,19H,1-2H3. The summed E-state index contributed by atoms with van der Waals surface area (Å²) in [6.07, 6.45) is 0. The van der Waals surface area contributed by atoms with Gasteiger partial charge in [-0.25, -0.2) is 17.5 Å². The summed E-state index contributed by atoms with van der Waals surface area (Å²) in [6.45, 7) is 1.61. The van der Waals surface area contributed by atoms with Crippen molar-refractivity contribution in [2.75, 3.05) is 7.11 Å². The van der Waals surface area contributed by atoms with Gasteiger partial charge >= 0.3 is 0 Å². The molecule has 2 rings (SSSR count). The predicted octanol–water partition coefficient (Wildman–Crippen LogP) is 2.75. The third kappa shape index (κ3) is 3.86. The van der Waals surface area contributed by atoms with Crippen molar-refractivity contribution in [1.29, 1.82) is 5.26 Å². The highest BCUT2D eigenvalue weighted by Crippen LogP contribution is 2.23. The van der Waals surface area contributed by atoms with Crippen LogP contribution in [-0.2, 0) is 10.0 Å². The Morgan fingerprint density at radius 1 is 1.22 bits per heavy atom. The third-order valence-electron chi connectivity index (χ3n) is 3.30. The first kappa shape index (κ1) is 16.9. The molecule has 0 aliphatic carbocycles. The van der Waals surface area contributed by atoms with Gasteiger partial charge in [0.2, 0.25) is 10.0 Å². The maximum atomic E-state index is 13.7. The van der Waals surface area contributed by atoms with E-state index in [1.54, 1.807) is 13.0 Å². The first-order valence-electron chi connectivity index (χ1n) is 6.73. The van der Waals surface area contributed by atoms with Crippen LogP contribution in [0.2, 0.25) is 0 Å². The van der Waals surface area contributed by atoms with E-state index in [1.807, 2.05) is 6.07 Å². The minimum absolute atomic E-state index is 0.0392. The van der Waals surface area contributed by atoms with Crippen LogP contribution < -0.4 is 9.46 Å². The van der Waals surface area contributed by atoms with Crippen LogP contribution in [0.4, 0.5) is 4.39 Å². The average molecular weight is 334 g/mol. The number of hydrogen-bond donors (Lipinski definition) is 1. The van der Waals surface area contributed by atoms with Crippen LogP contribution >= 0.6 is 0 Å². The van der Waals surface area contributed by atoms with Gasteiger partial charge in [-0.3, -0.25) is 0 Å². The van der Waals surface area contributed by atoms with Crippen LogP contribution in [0, 0.1) is 17.1 Å². The Hall–Kier alpha value is -2.43. The molecule has 0 aliphatic heterocycles. The Bertz CT molecular complexity index is 843. The lowest BCUT2D eigenvalue weighted by atomic mass is 10.1. The van der Waals surface area contributed by atoms with Crippen LogP contribution in [0.5, 0.6) is 5.75 Å². The van der Waals surface area contributed by atoms with Gasteiger partial charge in [-0.15, -0.1) is 0 Å². The van der Waals surface area contributed by atoms with Gasteiger partial charge in [-0.05, 0) is 48.9 Å². The highest BCUT2D eigenvalue weighted by Gasteiger charge is 2.19. The molecular formula is C16H15FN2O3S. The Kier molecular flexibility index (Phi) is 4.98. The molecule has 1 atom stereocenters. The Labute approximate surface area is 134 Å². The number of nitrogens with zero attached hydrogens (tertiary/aromatic N) is 1. The quantitative estimate of drug-likeness (QED) is 0.912. The molecule has 0 heterocycles. The molecule has 0 aliphatic rings. The zero-order valence-electron chi connectivity index (χ0n) is 12.6. The maximum absolute atomic E-state index is 13.7. The van der Waals surface area contributed by atoms with Crippen LogP contribution in [-0.4, -0.2) is 15.5 Å². The highest BCUT2D eigenvalue weighted by atomic mass is 32.2. The van der Waals surface area contributed by atoms with Crippen LogP contribution in [0.1, 0.15) is 24.1 Å². The van der Waals surface area contributed by atoms with Crippen molar-refractivity contribution in [2.24, 2.45) is 0 Å². The molecule has 0 saturated heterocycles. The molecule has 0 saturated carbocycles. The number of sulfonamides is 1. The smallest absolute Gasteiger partial charge is 0.241 e. The molecule has 1 N–H and O–H groups in total. The molecule has 23 heavy (non-hydrogen) atoms. The van der Waals surface area contributed by atoms with E-state index in [0.717, 1.165) is 0 Å². The van der Waals surface area contributed by atoms with E-state index in [1.165, 1.54) is 43.5 Å². The van der Waals surface area contributed by atoms with E-state index in [0.29, 0.717) is 11.1 Å². The molecule has 7 heteroatoms. The second kappa shape index (κ2) is 6.77. The van der Waals surface area contributed by atoms with Gasteiger partial charge in [0.05, 0.1) is 23.6 Å². The third-order valence-corrected chi connectivity index (χ3v) is 4.86. The molecular weight excluding hydrogens is 319 g/mol. The van der Waals surface area contributed by atoms with Gasteiger partial charge in [0.15, 0.2) is 11.6 Å². The lowest BCUT2D eigenvalue weighted by molar-refractivity contribution is 0.386. The topological polar surface area (TPSA) is 79.2 Å². The molecule has 2 aromatic rings. The number of methoxy groups -OCH3 is 1. The second-order valence-electron chi connectivity index (χ2n) is 4.87. The summed E-state index contributed by atoms with van der Waals surface area (Å²) in [7, 11) is -2.42. The molecule has 0 aromatic heterocycles.